The van der Waals surface area contributed by atoms with Crippen molar-refractivity contribution in [2.24, 2.45) is 0 Å². The molecule has 5 nitrogen and oxygen atoms in total. The van der Waals surface area contributed by atoms with E-state index in [9.17, 15) is 9.59 Å². The number of nitrogens with zero attached hydrogens (tertiary/aromatic N) is 1. The summed E-state index contributed by atoms with van der Waals surface area (Å²) in [6.45, 7) is 6.01. The van der Waals surface area contributed by atoms with Crippen LogP contribution in [-0.2, 0) is 14.3 Å². The Bertz CT molecular complexity index is 386. The van der Waals surface area contributed by atoms with Crippen molar-refractivity contribution in [1.82, 2.24) is 4.90 Å². The Balaban J connectivity index is 2.46. The van der Waals surface area contributed by atoms with Crippen LogP contribution in [0.1, 0.15) is 40.0 Å². The minimum Gasteiger partial charge on any atom is -0.480 e. The molecule has 0 aromatic carbocycles. The van der Waals surface area contributed by atoms with Crippen LogP contribution in [-0.4, -0.2) is 40.1 Å². The summed E-state index contributed by atoms with van der Waals surface area (Å²) in [5.41, 5.74) is -0.518. The van der Waals surface area contributed by atoms with Crippen LogP contribution in [0.5, 0.6) is 0 Å². The van der Waals surface area contributed by atoms with E-state index in [1.54, 1.807) is 25.7 Å². The molecule has 1 N–H and O–H groups in total. The summed E-state index contributed by atoms with van der Waals surface area (Å²) in [5.74, 6) is 1.42. The number of hydrogen-bond donors (Lipinski definition) is 1. The van der Waals surface area contributed by atoms with Gasteiger partial charge in [-0.1, -0.05) is 5.92 Å². The fourth-order valence-corrected chi connectivity index (χ4v) is 1.75. The van der Waals surface area contributed by atoms with Gasteiger partial charge in [0.2, 0.25) is 0 Å². The minimum absolute atomic E-state index is 0.0138. The van der Waals surface area contributed by atoms with Gasteiger partial charge >= 0.3 is 11.9 Å². The van der Waals surface area contributed by atoms with Crippen LogP contribution in [0, 0.1) is 12.0 Å². The van der Waals surface area contributed by atoms with Crippen molar-refractivity contribution in [1.29, 1.82) is 0 Å². The molecule has 1 saturated heterocycles. The third kappa shape index (κ3) is 4.66. The molecule has 0 amide bonds. The van der Waals surface area contributed by atoms with E-state index >= 15 is 0 Å². The van der Waals surface area contributed by atoms with Gasteiger partial charge in [-0.25, -0.2) is 4.79 Å². The lowest BCUT2D eigenvalue weighted by molar-refractivity contribution is -0.153. The van der Waals surface area contributed by atoms with Crippen molar-refractivity contribution in [3.8, 4) is 12.0 Å². The fraction of sp³-hybridized carbons (Fsp3) is 0.692. The largest absolute Gasteiger partial charge is 0.480 e. The second-order valence-corrected chi connectivity index (χ2v) is 5.24. The summed E-state index contributed by atoms with van der Waals surface area (Å²) in [5, 5.41) is 8.94. The Hall–Kier alpha value is -1.70. The summed E-state index contributed by atoms with van der Waals surface area (Å²) < 4.78 is 5.10. The summed E-state index contributed by atoms with van der Waals surface area (Å²) >= 11 is 0. The van der Waals surface area contributed by atoms with Crippen LogP contribution in [0.15, 0.2) is 0 Å². The van der Waals surface area contributed by atoms with E-state index in [-0.39, 0.29) is 12.4 Å². The second kappa shape index (κ2) is 5.76. The smallest absolute Gasteiger partial charge is 0.327 e. The number of carbonyl (C=O) groups is 2. The second-order valence-electron chi connectivity index (χ2n) is 5.24. The lowest BCUT2D eigenvalue weighted by atomic mass is 10.2. The van der Waals surface area contributed by atoms with E-state index < -0.39 is 17.6 Å². The molecule has 0 aromatic heterocycles. The number of carbonyl (C=O) groups excluding carboxylic acids is 1. The molecule has 0 radical (unpaired) electrons. The molecule has 100 valence electrons. The molecule has 1 fully saturated rings. The first-order chi connectivity index (χ1) is 8.29. The van der Waals surface area contributed by atoms with Crippen molar-refractivity contribution in [3.05, 3.63) is 0 Å². The lowest BCUT2D eigenvalue weighted by Crippen LogP contribution is -2.32. The van der Waals surface area contributed by atoms with Crippen LogP contribution in [0.4, 0.5) is 0 Å². The summed E-state index contributed by atoms with van der Waals surface area (Å²) in [6.07, 6.45) is 1.41. The molecule has 0 bridgehead atoms. The molecule has 0 aliphatic carbocycles. The monoisotopic (exact) mass is 253 g/mol. The van der Waals surface area contributed by atoms with Crippen molar-refractivity contribution >= 4 is 11.9 Å². The molecule has 18 heavy (non-hydrogen) atoms. The van der Waals surface area contributed by atoms with Gasteiger partial charge in [-0.3, -0.25) is 4.79 Å². The molecule has 1 atom stereocenters. The number of hydrogen-bond acceptors (Lipinski definition) is 4. The van der Waals surface area contributed by atoms with Gasteiger partial charge < -0.3 is 14.7 Å². The van der Waals surface area contributed by atoms with Crippen LogP contribution >= 0.6 is 0 Å². The highest BCUT2D eigenvalue weighted by molar-refractivity contribution is 5.74. The number of esters is 1. The third-order valence-electron chi connectivity index (χ3n) is 2.41. The van der Waals surface area contributed by atoms with Gasteiger partial charge in [0.1, 0.15) is 18.1 Å². The highest BCUT2D eigenvalue weighted by Crippen LogP contribution is 2.15. The van der Waals surface area contributed by atoms with Gasteiger partial charge in [0.25, 0.3) is 0 Å². The highest BCUT2D eigenvalue weighted by Gasteiger charge is 2.28. The van der Waals surface area contributed by atoms with Crippen LogP contribution in [0.3, 0.4) is 0 Å². The van der Waals surface area contributed by atoms with E-state index in [0.29, 0.717) is 13.0 Å². The van der Waals surface area contributed by atoms with E-state index in [2.05, 4.69) is 12.0 Å². The zero-order chi connectivity index (χ0) is 13.8. The van der Waals surface area contributed by atoms with Crippen molar-refractivity contribution < 1.29 is 19.4 Å². The summed E-state index contributed by atoms with van der Waals surface area (Å²) in [6, 6.07) is 2.19. The lowest BCUT2D eigenvalue weighted by Gasteiger charge is -2.18. The number of carboxylic acid groups (broad SMARTS) is 1. The molecule has 5 heteroatoms. The van der Waals surface area contributed by atoms with Crippen molar-refractivity contribution in [2.45, 2.75) is 51.7 Å². The van der Waals surface area contributed by atoms with Gasteiger partial charge in [0, 0.05) is 12.6 Å². The average Bonchev–Trinajstić information content (AvgIpc) is 2.62. The van der Waals surface area contributed by atoms with Crippen LogP contribution < -0.4 is 0 Å². The van der Waals surface area contributed by atoms with E-state index in [1.165, 1.54) is 0 Å². The molecule has 0 saturated carbocycles. The standard InChI is InChI=1S/C13H19NO4/c1-13(2,3)18-11(15)7-5-9-14-8-4-6-10(14)12(16)17/h10H,4,6-8H2,1-3H3,(H,16,17)/t10-/m1/s1. The third-order valence-corrected chi connectivity index (χ3v) is 2.41. The number of aliphatic carboxylic acids is 1. The first-order valence-electron chi connectivity index (χ1n) is 5.99. The van der Waals surface area contributed by atoms with Gasteiger partial charge in [-0.15, -0.1) is 0 Å². The Labute approximate surface area is 107 Å². The molecule has 1 rings (SSSR count). The van der Waals surface area contributed by atoms with E-state index in [0.717, 1.165) is 6.42 Å². The Morgan fingerprint density at radius 3 is 2.67 bits per heavy atom. The topological polar surface area (TPSA) is 66.8 Å². The van der Waals surface area contributed by atoms with Crippen LogP contribution in [0.25, 0.3) is 0 Å². The number of rotatable bonds is 2. The van der Waals surface area contributed by atoms with Gasteiger partial charge in [0.05, 0.1) is 0 Å². The molecule has 1 aliphatic heterocycles. The number of ether oxygens (including phenoxy) is 1. The number of carboxylic acids is 1. The molecular weight excluding hydrogens is 234 g/mol. The highest BCUT2D eigenvalue weighted by atomic mass is 16.6. The van der Waals surface area contributed by atoms with E-state index in [1.807, 2.05) is 0 Å². The fourth-order valence-electron chi connectivity index (χ4n) is 1.75. The first kappa shape index (κ1) is 14.4. The summed E-state index contributed by atoms with van der Waals surface area (Å²) in [7, 11) is 0. The van der Waals surface area contributed by atoms with Crippen LogP contribution in [0.2, 0.25) is 0 Å². The van der Waals surface area contributed by atoms with Gasteiger partial charge in [0.15, 0.2) is 0 Å². The Morgan fingerprint density at radius 1 is 1.44 bits per heavy atom. The summed E-state index contributed by atoms with van der Waals surface area (Å²) in [4.78, 5) is 23.9. The SMILES string of the molecule is CC(C)(C)OC(=O)CC#CN1CCC[C@@H]1C(=O)O. The molecule has 1 aliphatic rings. The quantitative estimate of drug-likeness (QED) is 0.592. The predicted octanol–water partition coefficient (Wildman–Crippen LogP) is 1.23. The molecule has 1 heterocycles. The zero-order valence-corrected chi connectivity index (χ0v) is 11.0. The van der Waals surface area contributed by atoms with Gasteiger partial charge in [-0.2, -0.15) is 0 Å². The Morgan fingerprint density at radius 2 is 2.11 bits per heavy atom. The average molecular weight is 253 g/mol. The van der Waals surface area contributed by atoms with Crippen molar-refractivity contribution in [2.75, 3.05) is 6.54 Å². The van der Waals surface area contributed by atoms with Gasteiger partial charge in [-0.05, 0) is 33.6 Å². The maximum atomic E-state index is 11.4. The number of likely N-dealkylation sites (tertiary alicyclic amines) is 1. The normalized spacial score (nSPS) is 19.1. The molecule has 0 spiro atoms. The Kier molecular flexibility index (Phi) is 4.60. The van der Waals surface area contributed by atoms with E-state index in [4.69, 9.17) is 9.84 Å². The predicted molar refractivity (Wildman–Crippen MR) is 65.6 cm³/mol. The maximum Gasteiger partial charge on any atom is 0.327 e. The van der Waals surface area contributed by atoms with Crippen molar-refractivity contribution in [3.63, 3.8) is 0 Å². The molecular formula is C13H19NO4. The minimum atomic E-state index is -0.862. The molecule has 0 unspecified atom stereocenters. The maximum absolute atomic E-state index is 11.4. The first-order valence-corrected chi connectivity index (χ1v) is 5.99. The zero-order valence-electron chi connectivity index (χ0n) is 11.0. The molecule has 0 aromatic rings.